The molecule has 38 heavy (non-hydrogen) atoms. The first-order valence-electron chi connectivity index (χ1n) is 13.1. The molecule has 0 saturated carbocycles. The van der Waals surface area contributed by atoms with Gasteiger partial charge in [0.2, 0.25) is 6.41 Å². The largest absolute Gasteiger partial charge is 0.469 e. The van der Waals surface area contributed by atoms with Gasteiger partial charge in [-0.3, -0.25) is 9.59 Å². The lowest BCUT2D eigenvalue weighted by molar-refractivity contribution is -0.140. The van der Waals surface area contributed by atoms with Crippen LogP contribution in [0.3, 0.4) is 0 Å². The summed E-state index contributed by atoms with van der Waals surface area (Å²) in [5.74, 6) is -0.288. The van der Waals surface area contributed by atoms with Gasteiger partial charge in [-0.15, -0.1) is 0 Å². The number of ether oxygens (including phenoxy) is 2. The molecule has 0 saturated heterocycles. The van der Waals surface area contributed by atoms with Crippen molar-refractivity contribution in [2.75, 3.05) is 13.7 Å². The van der Waals surface area contributed by atoms with E-state index < -0.39 is 26.1 Å². The summed E-state index contributed by atoms with van der Waals surface area (Å²) in [6.45, 7) is 12.0. The van der Waals surface area contributed by atoms with E-state index in [1.807, 2.05) is 36.4 Å². The topological polar surface area (TPSA) is 82.1 Å². The standard InChI is InChI=1S/C30H43NO6Si/c1-29(2,3)37-28(34)31(23-32)24(16-14-15-21-27(33)35-7)22-36-38(30(4,5)6,25-17-10-8-11-18-25)26-19-12-9-13-20-26/h8-13,17-20,23-24H,14-16,21-22H2,1-7H3. The van der Waals surface area contributed by atoms with Crippen molar-refractivity contribution in [2.45, 2.75) is 83.9 Å². The van der Waals surface area contributed by atoms with Gasteiger partial charge in [0.15, 0.2) is 0 Å². The second-order valence-electron chi connectivity index (χ2n) is 11.4. The molecule has 0 aliphatic heterocycles. The molecule has 7 nitrogen and oxygen atoms in total. The number of carbonyl (C=O) groups excluding carboxylic acids is 3. The fraction of sp³-hybridized carbons (Fsp3) is 0.500. The Labute approximate surface area is 228 Å². The number of nitrogens with zero attached hydrogens (tertiary/aromatic N) is 1. The average Bonchev–Trinajstić information content (AvgIpc) is 2.86. The molecule has 2 aromatic rings. The fourth-order valence-electron chi connectivity index (χ4n) is 4.63. The second-order valence-corrected chi connectivity index (χ2v) is 15.7. The molecule has 208 valence electrons. The van der Waals surface area contributed by atoms with Crippen molar-refractivity contribution in [3.63, 3.8) is 0 Å². The number of imide groups is 1. The molecule has 8 heteroatoms. The highest BCUT2D eigenvalue weighted by molar-refractivity contribution is 6.99. The normalized spacial score (nSPS) is 12.9. The van der Waals surface area contributed by atoms with Crippen LogP contribution in [0, 0.1) is 0 Å². The lowest BCUT2D eigenvalue weighted by Crippen LogP contribution is -2.67. The number of hydrogen-bond donors (Lipinski definition) is 0. The molecule has 0 heterocycles. The molecule has 0 radical (unpaired) electrons. The van der Waals surface area contributed by atoms with E-state index in [1.165, 1.54) is 7.11 Å². The van der Waals surface area contributed by atoms with E-state index in [0.717, 1.165) is 15.3 Å². The van der Waals surface area contributed by atoms with Crippen LogP contribution in [-0.2, 0) is 23.5 Å². The number of rotatable bonds is 12. The number of benzene rings is 2. The molecular weight excluding hydrogens is 498 g/mol. The van der Waals surface area contributed by atoms with Gasteiger partial charge in [-0.25, -0.2) is 9.69 Å². The van der Waals surface area contributed by atoms with Gasteiger partial charge in [0.25, 0.3) is 8.32 Å². The minimum atomic E-state index is -2.89. The Hall–Kier alpha value is -2.97. The minimum absolute atomic E-state index is 0.142. The first kappa shape index (κ1) is 31.2. The Kier molecular flexibility index (Phi) is 11.3. The third kappa shape index (κ3) is 8.26. The van der Waals surface area contributed by atoms with Gasteiger partial charge in [0.05, 0.1) is 19.8 Å². The van der Waals surface area contributed by atoms with Crippen LogP contribution in [0.4, 0.5) is 4.79 Å². The summed E-state index contributed by atoms with van der Waals surface area (Å²) in [6.07, 6.45) is 1.73. The zero-order valence-electron chi connectivity index (χ0n) is 23.9. The molecule has 0 N–H and O–H groups in total. The first-order valence-corrected chi connectivity index (χ1v) is 15.0. The maximum atomic E-state index is 13.0. The van der Waals surface area contributed by atoms with Crippen LogP contribution < -0.4 is 10.4 Å². The van der Waals surface area contributed by atoms with Crippen LogP contribution in [0.2, 0.25) is 5.04 Å². The molecule has 0 bridgehead atoms. The van der Waals surface area contributed by atoms with Gasteiger partial charge in [0.1, 0.15) is 5.60 Å². The Morgan fingerprint density at radius 3 is 1.84 bits per heavy atom. The molecule has 2 rings (SSSR count). The van der Waals surface area contributed by atoms with Crippen molar-refractivity contribution < 1.29 is 28.3 Å². The lowest BCUT2D eigenvalue weighted by Gasteiger charge is -2.44. The van der Waals surface area contributed by atoms with E-state index in [1.54, 1.807) is 20.8 Å². The highest BCUT2D eigenvalue weighted by Crippen LogP contribution is 2.37. The SMILES string of the molecule is COC(=O)CCCCC(CO[Si](c1ccccc1)(c1ccccc1)C(C)(C)C)N(C=O)C(=O)OC(C)(C)C. The van der Waals surface area contributed by atoms with Crippen molar-refractivity contribution in [1.29, 1.82) is 0 Å². The fourth-order valence-corrected chi connectivity index (χ4v) is 9.23. The second kappa shape index (κ2) is 13.7. The zero-order chi connectivity index (χ0) is 28.4. The first-order chi connectivity index (χ1) is 17.9. The van der Waals surface area contributed by atoms with Gasteiger partial charge < -0.3 is 13.9 Å². The van der Waals surface area contributed by atoms with Crippen LogP contribution >= 0.6 is 0 Å². The van der Waals surface area contributed by atoms with Gasteiger partial charge in [-0.2, -0.15) is 0 Å². The Balaban J connectivity index is 2.47. The predicted molar refractivity (Wildman–Crippen MR) is 152 cm³/mol. The molecule has 0 aromatic heterocycles. The van der Waals surface area contributed by atoms with Crippen LogP contribution in [0.15, 0.2) is 60.7 Å². The summed E-state index contributed by atoms with van der Waals surface area (Å²) < 4.78 is 17.3. The van der Waals surface area contributed by atoms with Crippen LogP contribution in [-0.4, -0.2) is 57.0 Å². The van der Waals surface area contributed by atoms with Gasteiger partial charge in [-0.1, -0.05) is 87.9 Å². The van der Waals surface area contributed by atoms with Gasteiger partial charge in [-0.05, 0) is 49.0 Å². The molecule has 1 atom stereocenters. The third-order valence-corrected chi connectivity index (χ3v) is 11.4. The molecule has 0 fully saturated rings. The smallest absolute Gasteiger partial charge is 0.417 e. The van der Waals surface area contributed by atoms with Crippen molar-refractivity contribution >= 4 is 37.2 Å². The summed E-state index contributed by atoms with van der Waals surface area (Å²) >= 11 is 0. The Morgan fingerprint density at radius 2 is 1.42 bits per heavy atom. The summed E-state index contributed by atoms with van der Waals surface area (Å²) in [6, 6.07) is 19.8. The Morgan fingerprint density at radius 1 is 0.895 bits per heavy atom. The minimum Gasteiger partial charge on any atom is -0.469 e. The van der Waals surface area contributed by atoms with Crippen LogP contribution in [0.5, 0.6) is 0 Å². The van der Waals surface area contributed by atoms with Crippen molar-refractivity contribution in [1.82, 2.24) is 4.90 Å². The molecule has 0 aliphatic rings. The number of carbonyl (C=O) groups is 3. The number of amides is 2. The summed E-state index contributed by atoms with van der Waals surface area (Å²) in [5, 5.41) is 1.96. The van der Waals surface area contributed by atoms with E-state index in [9.17, 15) is 14.4 Å². The number of unbranched alkanes of at least 4 members (excludes halogenated alkanes) is 1. The molecule has 2 amide bonds. The highest BCUT2D eigenvalue weighted by atomic mass is 28.4. The third-order valence-electron chi connectivity index (χ3n) is 6.42. The summed E-state index contributed by atoms with van der Waals surface area (Å²) in [5.41, 5.74) is -0.757. The van der Waals surface area contributed by atoms with E-state index >= 15 is 0 Å². The molecule has 2 aromatic carbocycles. The van der Waals surface area contributed by atoms with E-state index in [4.69, 9.17) is 13.9 Å². The summed E-state index contributed by atoms with van der Waals surface area (Å²) in [7, 11) is -1.53. The monoisotopic (exact) mass is 541 g/mol. The lowest BCUT2D eigenvalue weighted by atomic mass is 10.1. The quantitative estimate of drug-likeness (QED) is 0.162. The molecule has 1 unspecified atom stereocenters. The predicted octanol–water partition coefficient (Wildman–Crippen LogP) is 5.06. The van der Waals surface area contributed by atoms with E-state index in [0.29, 0.717) is 25.7 Å². The van der Waals surface area contributed by atoms with E-state index in [-0.39, 0.29) is 24.0 Å². The Bertz CT molecular complexity index is 991. The van der Waals surface area contributed by atoms with E-state index in [2.05, 4.69) is 45.0 Å². The average molecular weight is 542 g/mol. The summed E-state index contributed by atoms with van der Waals surface area (Å²) in [4.78, 5) is 38.0. The molecule has 0 spiro atoms. The molecule has 0 aliphatic carbocycles. The highest BCUT2D eigenvalue weighted by Gasteiger charge is 2.50. The van der Waals surface area contributed by atoms with Gasteiger partial charge in [0, 0.05) is 6.42 Å². The van der Waals surface area contributed by atoms with Crippen LogP contribution in [0.1, 0.15) is 67.2 Å². The van der Waals surface area contributed by atoms with Crippen LogP contribution in [0.25, 0.3) is 0 Å². The maximum Gasteiger partial charge on any atom is 0.417 e. The van der Waals surface area contributed by atoms with Crippen molar-refractivity contribution in [3.8, 4) is 0 Å². The maximum absolute atomic E-state index is 13.0. The number of methoxy groups -OCH3 is 1. The van der Waals surface area contributed by atoms with Crippen molar-refractivity contribution in [3.05, 3.63) is 60.7 Å². The zero-order valence-corrected chi connectivity index (χ0v) is 24.9. The van der Waals surface area contributed by atoms with Gasteiger partial charge >= 0.3 is 12.1 Å². The molecular formula is C30H43NO6Si. The van der Waals surface area contributed by atoms with Crippen molar-refractivity contribution in [2.24, 2.45) is 0 Å². The number of hydrogen-bond acceptors (Lipinski definition) is 6. The number of esters is 1.